The first-order valence-corrected chi connectivity index (χ1v) is 7.55. The molecule has 1 fully saturated rings. The summed E-state index contributed by atoms with van der Waals surface area (Å²) in [5.41, 5.74) is 0.0579. The van der Waals surface area contributed by atoms with Gasteiger partial charge in [-0.2, -0.15) is 0 Å². The largest absolute Gasteiger partial charge is 0.481 e. The molecule has 1 aromatic carbocycles. The Morgan fingerprint density at radius 2 is 2.17 bits per heavy atom. The fraction of sp³-hybridized carbons (Fsp3) is 0.438. The van der Waals surface area contributed by atoms with Crippen molar-refractivity contribution < 1.29 is 24.2 Å². The molecular weight excluding hydrogens is 300 g/mol. The number of fused-ring (bicyclic) bond motifs is 1. The molecule has 1 aliphatic heterocycles. The number of aliphatic carboxylic acids is 1. The van der Waals surface area contributed by atoms with E-state index in [1.54, 1.807) is 25.1 Å². The van der Waals surface area contributed by atoms with E-state index in [2.05, 4.69) is 10.6 Å². The fourth-order valence-corrected chi connectivity index (χ4v) is 2.95. The molecule has 122 valence electrons. The molecule has 1 heterocycles. The molecule has 7 heteroatoms. The predicted molar refractivity (Wildman–Crippen MR) is 81.5 cm³/mol. The third kappa shape index (κ3) is 2.86. The van der Waals surface area contributed by atoms with Crippen molar-refractivity contribution >= 4 is 23.5 Å². The molecule has 0 radical (unpaired) electrons. The first kappa shape index (κ1) is 15.3. The van der Waals surface area contributed by atoms with E-state index in [1.807, 2.05) is 0 Å². The molecule has 1 aliphatic carbocycles. The Bertz CT molecular complexity index is 681. The number of benzene rings is 1. The number of carbonyl (C=O) groups is 3. The maximum absolute atomic E-state index is 12.6. The first-order valence-electron chi connectivity index (χ1n) is 7.55. The van der Waals surface area contributed by atoms with Crippen LogP contribution in [0.3, 0.4) is 0 Å². The van der Waals surface area contributed by atoms with Crippen molar-refractivity contribution in [1.82, 2.24) is 5.32 Å². The van der Waals surface area contributed by atoms with Crippen molar-refractivity contribution in [3.63, 3.8) is 0 Å². The van der Waals surface area contributed by atoms with Crippen molar-refractivity contribution in [2.24, 2.45) is 0 Å². The highest BCUT2D eigenvalue weighted by molar-refractivity contribution is 6.04. The lowest BCUT2D eigenvalue weighted by Crippen LogP contribution is -2.54. The zero-order valence-electron chi connectivity index (χ0n) is 12.7. The molecule has 1 atom stereocenters. The highest BCUT2D eigenvalue weighted by Gasteiger charge is 2.41. The van der Waals surface area contributed by atoms with E-state index in [1.165, 1.54) is 0 Å². The maximum Gasteiger partial charge on any atom is 0.305 e. The minimum Gasteiger partial charge on any atom is -0.481 e. The van der Waals surface area contributed by atoms with Crippen LogP contribution in [-0.4, -0.2) is 34.5 Å². The van der Waals surface area contributed by atoms with Crippen LogP contribution in [0.4, 0.5) is 5.69 Å². The van der Waals surface area contributed by atoms with Gasteiger partial charge < -0.3 is 20.5 Å². The Labute approximate surface area is 133 Å². The van der Waals surface area contributed by atoms with Crippen LogP contribution < -0.4 is 15.4 Å². The van der Waals surface area contributed by atoms with Crippen LogP contribution in [-0.2, 0) is 9.59 Å². The number of rotatable bonds is 4. The Balaban J connectivity index is 1.85. The molecular formula is C16H18N2O5. The van der Waals surface area contributed by atoms with Crippen molar-refractivity contribution in [3.05, 3.63) is 23.8 Å². The highest BCUT2D eigenvalue weighted by atomic mass is 16.5. The third-order valence-corrected chi connectivity index (χ3v) is 4.36. The zero-order valence-corrected chi connectivity index (χ0v) is 12.7. The topological polar surface area (TPSA) is 105 Å². The average molecular weight is 318 g/mol. The van der Waals surface area contributed by atoms with E-state index in [9.17, 15) is 14.4 Å². The summed E-state index contributed by atoms with van der Waals surface area (Å²) in [5.74, 6) is -1.26. The fourth-order valence-electron chi connectivity index (χ4n) is 2.95. The maximum atomic E-state index is 12.6. The number of ether oxygens (including phenoxy) is 1. The predicted octanol–water partition coefficient (Wildman–Crippen LogP) is 1.53. The van der Waals surface area contributed by atoms with Crippen LogP contribution in [0.5, 0.6) is 5.75 Å². The van der Waals surface area contributed by atoms with Crippen molar-refractivity contribution in [2.75, 3.05) is 5.32 Å². The lowest BCUT2D eigenvalue weighted by atomic mass is 9.74. The molecule has 23 heavy (non-hydrogen) atoms. The summed E-state index contributed by atoms with van der Waals surface area (Å²) in [6.45, 7) is 1.60. The monoisotopic (exact) mass is 318 g/mol. The molecule has 3 N–H and O–H groups in total. The summed E-state index contributed by atoms with van der Waals surface area (Å²) in [6, 6.07) is 4.91. The zero-order chi connectivity index (χ0) is 16.6. The van der Waals surface area contributed by atoms with E-state index in [0.29, 0.717) is 29.8 Å². The number of hydrogen-bond acceptors (Lipinski definition) is 4. The minimum absolute atomic E-state index is 0.0955. The number of carboxylic acid groups (broad SMARTS) is 1. The standard InChI is InChI=1S/C16H18N2O5/c1-9-14(21)17-11-5-2-4-10(13(11)23-9)15(22)18-16(6-3-7-16)8-12(19)20/h2,4-5,9H,3,6-8H2,1H3,(H,17,21)(H,18,22)(H,19,20). The van der Waals surface area contributed by atoms with Crippen molar-refractivity contribution in [1.29, 1.82) is 0 Å². The number of anilines is 1. The molecule has 1 unspecified atom stereocenters. The van der Waals surface area contributed by atoms with Crippen molar-refractivity contribution in [2.45, 2.75) is 44.2 Å². The van der Waals surface area contributed by atoms with E-state index >= 15 is 0 Å². The Kier molecular flexibility index (Phi) is 3.71. The van der Waals surface area contributed by atoms with Gasteiger partial charge in [0, 0.05) is 0 Å². The Morgan fingerprint density at radius 1 is 1.43 bits per heavy atom. The average Bonchev–Trinajstić information content (AvgIpc) is 2.45. The Morgan fingerprint density at radius 3 is 2.78 bits per heavy atom. The number of para-hydroxylation sites is 1. The second kappa shape index (κ2) is 5.57. The molecule has 1 aromatic rings. The minimum atomic E-state index is -0.933. The van der Waals surface area contributed by atoms with Crippen LogP contribution in [0.2, 0.25) is 0 Å². The van der Waals surface area contributed by atoms with Gasteiger partial charge in [0.2, 0.25) is 0 Å². The molecule has 0 bridgehead atoms. The number of amides is 2. The summed E-state index contributed by atoms with van der Waals surface area (Å²) >= 11 is 0. The lowest BCUT2D eigenvalue weighted by Gasteiger charge is -2.41. The molecule has 0 aromatic heterocycles. The third-order valence-electron chi connectivity index (χ3n) is 4.36. The number of nitrogens with one attached hydrogen (secondary N) is 2. The Hall–Kier alpha value is -2.57. The van der Waals surface area contributed by atoms with Gasteiger partial charge >= 0.3 is 5.97 Å². The molecule has 3 rings (SSSR count). The van der Waals surface area contributed by atoms with Gasteiger partial charge in [0.15, 0.2) is 11.9 Å². The summed E-state index contributed by atoms with van der Waals surface area (Å²) in [6.07, 6.45) is 1.40. The van der Waals surface area contributed by atoms with Gasteiger partial charge in [-0.15, -0.1) is 0 Å². The summed E-state index contributed by atoms with van der Waals surface area (Å²) in [7, 11) is 0. The number of hydrogen-bond donors (Lipinski definition) is 3. The van der Waals surface area contributed by atoms with Crippen molar-refractivity contribution in [3.8, 4) is 5.75 Å². The van der Waals surface area contributed by atoms with Crippen LogP contribution in [0.15, 0.2) is 18.2 Å². The molecule has 2 amide bonds. The SMILES string of the molecule is CC1Oc2c(cccc2C(=O)NC2(CC(=O)O)CCC2)NC1=O. The van der Waals surface area contributed by atoms with Crippen LogP contribution in [0.1, 0.15) is 43.0 Å². The van der Waals surface area contributed by atoms with E-state index < -0.39 is 17.6 Å². The normalized spacial score (nSPS) is 21.3. The lowest BCUT2D eigenvalue weighted by molar-refractivity contribution is -0.139. The van der Waals surface area contributed by atoms with Gasteiger partial charge in [0.25, 0.3) is 11.8 Å². The second-order valence-electron chi connectivity index (χ2n) is 6.09. The quantitative estimate of drug-likeness (QED) is 0.781. The second-order valence-corrected chi connectivity index (χ2v) is 6.09. The molecule has 0 spiro atoms. The molecule has 7 nitrogen and oxygen atoms in total. The summed E-state index contributed by atoms with van der Waals surface area (Å²) in [5, 5.41) is 14.6. The highest BCUT2D eigenvalue weighted by Crippen LogP contribution is 2.37. The number of carbonyl (C=O) groups excluding carboxylic acids is 2. The molecule has 2 aliphatic rings. The van der Waals surface area contributed by atoms with Gasteiger partial charge in [0.05, 0.1) is 23.2 Å². The van der Waals surface area contributed by atoms with E-state index in [0.717, 1.165) is 6.42 Å². The van der Waals surface area contributed by atoms with Gasteiger partial charge in [-0.1, -0.05) is 6.07 Å². The smallest absolute Gasteiger partial charge is 0.305 e. The molecule has 1 saturated carbocycles. The van der Waals surface area contributed by atoms with Gasteiger partial charge in [-0.3, -0.25) is 14.4 Å². The van der Waals surface area contributed by atoms with Gasteiger partial charge in [-0.05, 0) is 38.3 Å². The first-order chi connectivity index (χ1) is 10.9. The summed E-state index contributed by atoms with van der Waals surface area (Å²) < 4.78 is 5.55. The van der Waals surface area contributed by atoms with Gasteiger partial charge in [0.1, 0.15) is 0 Å². The van der Waals surface area contributed by atoms with E-state index in [-0.39, 0.29) is 18.2 Å². The van der Waals surface area contributed by atoms with Crippen LogP contribution >= 0.6 is 0 Å². The van der Waals surface area contributed by atoms with Crippen LogP contribution in [0.25, 0.3) is 0 Å². The van der Waals surface area contributed by atoms with E-state index in [4.69, 9.17) is 9.84 Å². The van der Waals surface area contributed by atoms with Crippen LogP contribution in [0, 0.1) is 0 Å². The molecule has 0 saturated heterocycles. The van der Waals surface area contributed by atoms with Gasteiger partial charge in [-0.25, -0.2) is 0 Å². The number of carboxylic acids is 1. The summed E-state index contributed by atoms with van der Waals surface area (Å²) in [4.78, 5) is 35.3.